The monoisotopic (exact) mass is 510 g/mol. The molecule has 1 aliphatic rings. The van der Waals surface area contributed by atoms with Crippen molar-refractivity contribution >= 4 is 38.5 Å². The Labute approximate surface area is 205 Å². The molecule has 0 aliphatic carbocycles. The summed E-state index contributed by atoms with van der Waals surface area (Å²) in [5.41, 5.74) is 0.830. The van der Waals surface area contributed by atoms with E-state index in [9.17, 15) is 10.2 Å². The van der Waals surface area contributed by atoms with E-state index in [-0.39, 0.29) is 28.8 Å². The molecule has 0 radical (unpaired) electrons. The van der Waals surface area contributed by atoms with E-state index in [0.717, 1.165) is 15.0 Å². The van der Waals surface area contributed by atoms with Crippen molar-refractivity contribution in [3.05, 3.63) is 35.2 Å². The second-order valence-electron chi connectivity index (χ2n) is 10.6. The van der Waals surface area contributed by atoms with Gasteiger partial charge < -0.3 is 23.2 Å². The summed E-state index contributed by atoms with van der Waals surface area (Å²) in [5.74, 6) is 0. The standard InChI is InChI=1S/C25H42O5SSi2/c1-16(2)32(17(3)4)28-15-22(27)23(29-33(30-32,18(5)6)19(7)8)14-21(26)25-13-20-11-9-10-12-24(20)31-25/h9-13,16-19,21-23,26-27H,14-15H2,1-8H3/t21-,22-,23+/m1/s1. The summed E-state index contributed by atoms with van der Waals surface area (Å²) in [5, 5.41) is 23.5. The minimum Gasteiger partial charge on any atom is -0.414 e. The van der Waals surface area contributed by atoms with Crippen LogP contribution in [-0.2, 0) is 13.0 Å². The van der Waals surface area contributed by atoms with Crippen molar-refractivity contribution < 1.29 is 23.2 Å². The number of benzene rings is 1. The van der Waals surface area contributed by atoms with Crippen molar-refractivity contribution in [1.29, 1.82) is 0 Å². The second-order valence-corrected chi connectivity index (χ2v) is 20.6. The Morgan fingerprint density at radius 2 is 1.52 bits per heavy atom. The molecule has 0 bridgehead atoms. The minimum absolute atomic E-state index is 0.174. The van der Waals surface area contributed by atoms with Crippen LogP contribution in [0.3, 0.4) is 0 Å². The fraction of sp³-hybridized carbons (Fsp3) is 0.680. The normalized spacial score (nSPS) is 24.5. The Kier molecular flexibility index (Phi) is 8.66. The zero-order valence-corrected chi connectivity index (χ0v) is 24.2. The molecule has 33 heavy (non-hydrogen) atoms. The number of hydrogen-bond acceptors (Lipinski definition) is 6. The molecule has 5 nitrogen and oxygen atoms in total. The molecule has 2 N–H and O–H groups in total. The van der Waals surface area contributed by atoms with E-state index in [0.29, 0.717) is 6.42 Å². The molecular weight excluding hydrogens is 469 g/mol. The first-order chi connectivity index (χ1) is 15.4. The molecule has 3 rings (SSSR count). The van der Waals surface area contributed by atoms with Gasteiger partial charge in [-0.25, -0.2) is 0 Å². The van der Waals surface area contributed by atoms with E-state index in [2.05, 4.69) is 67.5 Å². The molecule has 0 spiro atoms. The van der Waals surface area contributed by atoms with Crippen molar-refractivity contribution in [3.8, 4) is 0 Å². The minimum atomic E-state index is -2.82. The van der Waals surface area contributed by atoms with Crippen LogP contribution in [0.15, 0.2) is 30.3 Å². The summed E-state index contributed by atoms with van der Waals surface area (Å²) in [7, 11) is -5.48. The summed E-state index contributed by atoms with van der Waals surface area (Å²) >= 11 is 1.59. The van der Waals surface area contributed by atoms with Crippen LogP contribution < -0.4 is 0 Å². The van der Waals surface area contributed by atoms with Crippen molar-refractivity contribution in [2.45, 2.75) is 102 Å². The maximum Gasteiger partial charge on any atom is 0.335 e. The lowest BCUT2D eigenvalue weighted by atomic mass is 10.1. The molecule has 0 unspecified atom stereocenters. The molecule has 2 heterocycles. The average Bonchev–Trinajstić information content (AvgIpc) is 3.17. The van der Waals surface area contributed by atoms with E-state index in [1.54, 1.807) is 11.3 Å². The SMILES string of the molecule is CC(C)[Si]1(C(C)C)OC[C@@H](O)[C@H](C[C@@H](O)c2cc3ccccc3s2)O[Si](C(C)C)(C(C)C)O1. The van der Waals surface area contributed by atoms with Crippen LogP contribution in [-0.4, -0.2) is 46.1 Å². The maximum absolute atomic E-state index is 11.2. The van der Waals surface area contributed by atoms with E-state index >= 15 is 0 Å². The van der Waals surface area contributed by atoms with Crippen molar-refractivity contribution in [2.75, 3.05) is 6.61 Å². The number of thiophene rings is 1. The molecule has 8 heteroatoms. The van der Waals surface area contributed by atoms with Gasteiger partial charge >= 0.3 is 17.1 Å². The Morgan fingerprint density at radius 3 is 2.06 bits per heavy atom. The van der Waals surface area contributed by atoms with E-state index in [4.69, 9.17) is 13.0 Å². The van der Waals surface area contributed by atoms with Gasteiger partial charge in [-0.2, -0.15) is 0 Å². The van der Waals surface area contributed by atoms with E-state index < -0.39 is 35.4 Å². The molecule has 1 aromatic heterocycles. The lowest BCUT2D eigenvalue weighted by Gasteiger charge is -2.51. The van der Waals surface area contributed by atoms with Crippen molar-refractivity contribution in [2.24, 2.45) is 0 Å². The zero-order valence-electron chi connectivity index (χ0n) is 21.4. The lowest BCUT2D eigenvalue weighted by molar-refractivity contribution is -0.0547. The maximum atomic E-state index is 11.2. The second kappa shape index (κ2) is 10.6. The third-order valence-corrected chi connectivity index (χ3v) is 18.5. The molecule has 2 aromatic rings. The predicted octanol–water partition coefficient (Wildman–Crippen LogP) is 6.64. The van der Waals surface area contributed by atoms with Gasteiger partial charge in [0.15, 0.2) is 0 Å². The van der Waals surface area contributed by atoms with Gasteiger partial charge in [-0.05, 0) is 39.7 Å². The zero-order chi connectivity index (χ0) is 24.6. The van der Waals surface area contributed by atoms with Gasteiger partial charge in [-0.1, -0.05) is 73.6 Å². The molecule has 1 aliphatic heterocycles. The van der Waals surface area contributed by atoms with Gasteiger partial charge in [0.2, 0.25) is 0 Å². The van der Waals surface area contributed by atoms with Gasteiger partial charge in [0, 0.05) is 16.0 Å². The first-order valence-corrected chi connectivity index (χ1v) is 17.0. The summed E-state index contributed by atoms with van der Waals surface area (Å²) in [4.78, 5) is 0.894. The number of aliphatic hydroxyl groups excluding tert-OH is 2. The van der Waals surface area contributed by atoms with Crippen LogP contribution in [0.2, 0.25) is 22.2 Å². The molecule has 1 fully saturated rings. The highest BCUT2D eigenvalue weighted by Gasteiger charge is 2.58. The first kappa shape index (κ1) is 27.0. The van der Waals surface area contributed by atoms with Crippen LogP contribution >= 0.6 is 11.3 Å². The summed E-state index contributed by atoms with van der Waals surface area (Å²) in [6.07, 6.45) is -1.77. The summed E-state index contributed by atoms with van der Waals surface area (Å²) < 4.78 is 21.8. The highest BCUT2D eigenvalue weighted by atomic mass is 32.1. The molecule has 0 saturated carbocycles. The van der Waals surface area contributed by atoms with Gasteiger partial charge in [0.1, 0.15) is 6.10 Å². The predicted molar refractivity (Wildman–Crippen MR) is 141 cm³/mol. The fourth-order valence-electron chi connectivity index (χ4n) is 5.06. The quantitative estimate of drug-likeness (QED) is 0.409. The molecule has 1 saturated heterocycles. The highest BCUT2D eigenvalue weighted by molar-refractivity contribution is 7.19. The highest BCUT2D eigenvalue weighted by Crippen LogP contribution is 2.46. The van der Waals surface area contributed by atoms with Gasteiger partial charge in [-0.3, -0.25) is 0 Å². The molecule has 1 aromatic carbocycles. The van der Waals surface area contributed by atoms with Gasteiger partial charge in [0.05, 0.1) is 18.8 Å². The van der Waals surface area contributed by atoms with Gasteiger partial charge in [0.25, 0.3) is 0 Å². The van der Waals surface area contributed by atoms with E-state index in [1.165, 1.54) is 0 Å². The fourth-order valence-corrected chi connectivity index (χ4v) is 17.4. The number of fused-ring (bicyclic) bond motifs is 1. The Hall–Kier alpha value is -0.586. The van der Waals surface area contributed by atoms with E-state index in [1.807, 2.05) is 18.2 Å². The Balaban J connectivity index is 1.95. The Morgan fingerprint density at radius 1 is 0.939 bits per heavy atom. The van der Waals surface area contributed by atoms with Crippen LogP contribution in [0.4, 0.5) is 0 Å². The number of hydrogen-bond donors (Lipinski definition) is 2. The third kappa shape index (κ3) is 5.33. The van der Waals surface area contributed by atoms with Crippen molar-refractivity contribution in [3.63, 3.8) is 0 Å². The topological polar surface area (TPSA) is 68.2 Å². The molecule has 0 amide bonds. The van der Waals surface area contributed by atoms with Gasteiger partial charge in [-0.15, -0.1) is 11.3 Å². The smallest absolute Gasteiger partial charge is 0.335 e. The third-order valence-electron chi connectivity index (χ3n) is 7.01. The van der Waals surface area contributed by atoms with Crippen LogP contribution in [0, 0.1) is 0 Å². The van der Waals surface area contributed by atoms with Crippen LogP contribution in [0.1, 0.15) is 72.8 Å². The summed E-state index contributed by atoms with van der Waals surface area (Å²) in [6, 6.07) is 10.2. The molecule has 3 atom stereocenters. The number of rotatable bonds is 7. The molecule has 186 valence electrons. The van der Waals surface area contributed by atoms with Crippen LogP contribution in [0.25, 0.3) is 10.1 Å². The summed E-state index contributed by atoms with van der Waals surface area (Å²) in [6.45, 7) is 17.5. The Bertz CT molecular complexity index is 864. The average molecular weight is 511 g/mol. The molecular formula is C25H42O5SSi2. The van der Waals surface area contributed by atoms with Crippen molar-refractivity contribution in [1.82, 2.24) is 0 Å². The van der Waals surface area contributed by atoms with Crippen LogP contribution in [0.5, 0.6) is 0 Å². The largest absolute Gasteiger partial charge is 0.414 e. The number of aliphatic hydroxyl groups is 2. The first-order valence-electron chi connectivity index (χ1n) is 12.3. The lowest BCUT2D eigenvalue weighted by Crippen LogP contribution is -2.65.